The van der Waals surface area contributed by atoms with E-state index in [0.717, 1.165) is 16.5 Å². The summed E-state index contributed by atoms with van der Waals surface area (Å²) in [5.74, 6) is 0.245. The summed E-state index contributed by atoms with van der Waals surface area (Å²) in [6.45, 7) is 3.94. The molecule has 0 bridgehead atoms. The van der Waals surface area contributed by atoms with Crippen molar-refractivity contribution in [2.75, 3.05) is 13.2 Å². The van der Waals surface area contributed by atoms with Gasteiger partial charge in [-0.25, -0.2) is 8.78 Å². The number of pyridine rings is 2. The van der Waals surface area contributed by atoms with Gasteiger partial charge in [0.2, 0.25) is 5.91 Å². The molecule has 148 valence electrons. The standard InChI is InChI=1S/C19H21F2N5O2/c1-3-22-19(27)7-16-14-10-26(25-15(14)4-5-23-16)9-13-6-12(2)17(8-24-13)28-11-18(20)21/h4-6,8,10,18H,3,7,9,11H2,1-2H3,(H,22,27). The van der Waals surface area contributed by atoms with Gasteiger partial charge in [-0.1, -0.05) is 0 Å². The Hall–Kier alpha value is -3.10. The van der Waals surface area contributed by atoms with Gasteiger partial charge in [0.15, 0.2) is 0 Å². The van der Waals surface area contributed by atoms with Gasteiger partial charge in [0.25, 0.3) is 6.43 Å². The van der Waals surface area contributed by atoms with Crippen LogP contribution in [0.4, 0.5) is 8.78 Å². The number of aryl methyl sites for hydroxylation is 1. The maximum Gasteiger partial charge on any atom is 0.272 e. The molecule has 0 aliphatic heterocycles. The number of nitrogens with one attached hydrogen (secondary N) is 1. The normalized spacial score (nSPS) is 11.2. The molecule has 0 aromatic carbocycles. The van der Waals surface area contributed by atoms with Crippen molar-refractivity contribution in [3.63, 3.8) is 0 Å². The van der Waals surface area contributed by atoms with Crippen LogP contribution in [-0.4, -0.2) is 45.2 Å². The van der Waals surface area contributed by atoms with Crippen molar-refractivity contribution in [1.29, 1.82) is 0 Å². The van der Waals surface area contributed by atoms with Crippen molar-refractivity contribution in [3.8, 4) is 5.75 Å². The molecular weight excluding hydrogens is 368 g/mol. The first-order valence-corrected chi connectivity index (χ1v) is 8.90. The number of hydrogen-bond donors (Lipinski definition) is 1. The minimum absolute atomic E-state index is 0.0908. The van der Waals surface area contributed by atoms with Gasteiger partial charge in [0.1, 0.15) is 12.4 Å². The fourth-order valence-electron chi connectivity index (χ4n) is 2.84. The van der Waals surface area contributed by atoms with Crippen molar-refractivity contribution in [2.24, 2.45) is 0 Å². The average Bonchev–Trinajstić information content (AvgIpc) is 3.04. The molecule has 28 heavy (non-hydrogen) atoms. The Morgan fingerprint density at radius 3 is 2.89 bits per heavy atom. The summed E-state index contributed by atoms with van der Waals surface area (Å²) in [5, 5.41) is 8.07. The first-order chi connectivity index (χ1) is 13.5. The SMILES string of the molecule is CCNC(=O)Cc1nccc2nn(Cc3cc(C)c(OCC(F)F)cn3)cc12. The number of halogens is 2. The fraction of sp³-hybridized carbons (Fsp3) is 0.368. The number of nitrogens with zero attached hydrogens (tertiary/aromatic N) is 4. The molecule has 1 amide bonds. The molecule has 0 saturated heterocycles. The Morgan fingerprint density at radius 2 is 2.18 bits per heavy atom. The first-order valence-electron chi connectivity index (χ1n) is 8.90. The minimum Gasteiger partial charge on any atom is -0.486 e. The number of fused-ring (bicyclic) bond motifs is 1. The zero-order valence-corrected chi connectivity index (χ0v) is 15.7. The van der Waals surface area contributed by atoms with Gasteiger partial charge in [-0.15, -0.1) is 0 Å². The molecular formula is C19H21F2N5O2. The third kappa shape index (κ3) is 4.79. The number of carbonyl (C=O) groups is 1. The maximum absolute atomic E-state index is 12.3. The fourth-order valence-corrected chi connectivity index (χ4v) is 2.84. The molecule has 0 aliphatic rings. The van der Waals surface area contributed by atoms with Crippen molar-refractivity contribution in [2.45, 2.75) is 33.2 Å². The summed E-state index contributed by atoms with van der Waals surface area (Å²) in [6, 6.07) is 3.56. The van der Waals surface area contributed by atoms with E-state index in [4.69, 9.17) is 4.74 Å². The molecule has 0 spiro atoms. The molecule has 0 saturated carbocycles. The first kappa shape index (κ1) is 19.7. The zero-order chi connectivity index (χ0) is 20.1. The molecule has 3 aromatic heterocycles. The van der Waals surface area contributed by atoms with Gasteiger partial charge in [-0.2, -0.15) is 5.10 Å². The highest BCUT2D eigenvalue weighted by atomic mass is 19.3. The number of rotatable bonds is 8. The molecule has 1 N–H and O–H groups in total. The molecule has 3 aromatic rings. The lowest BCUT2D eigenvalue weighted by molar-refractivity contribution is -0.120. The number of amides is 1. The highest BCUT2D eigenvalue weighted by Crippen LogP contribution is 2.20. The van der Waals surface area contributed by atoms with Crippen molar-refractivity contribution in [3.05, 3.63) is 47.7 Å². The van der Waals surface area contributed by atoms with Crippen molar-refractivity contribution >= 4 is 16.8 Å². The van der Waals surface area contributed by atoms with E-state index in [9.17, 15) is 13.6 Å². The minimum atomic E-state index is -2.53. The lowest BCUT2D eigenvalue weighted by atomic mass is 10.2. The highest BCUT2D eigenvalue weighted by molar-refractivity contribution is 5.86. The van der Waals surface area contributed by atoms with Crippen LogP contribution in [0.2, 0.25) is 0 Å². The van der Waals surface area contributed by atoms with Gasteiger partial charge >= 0.3 is 0 Å². The molecule has 0 unspecified atom stereocenters. The van der Waals surface area contributed by atoms with Crippen LogP contribution in [-0.2, 0) is 17.8 Å². The van der Waals surface area contributed by atoms with Crippen LogP contribution in [0.25, 0.3) is 10.9 Å². The van der Waals surface area contributed by atoms with E-state index in [0.29, 0.717) is 30.2 Å². The number of carbonyl (C=O) groups excluding carboxylic acids is 1. The summed E-state index contributed by atoms with van der Waals surface area (Å²) in [4.78, 5) is 20.4. The van der Waals surface area contributed by atoms with E-state index >= 15 is 0 Å². The Morgan fingerprint density at radius 1 is 1.36 bits per heavy atom. The number of aromatic nitrogens is 4. The number of likely N-dealkylation sites (N-methyl/N-ethyl adjacent to an activating group) is 1. The molecule has 7 nitrogen and oxygen atoms in total. The third-order valence-corrected chi connectivity index (χ3v) is 4.07. The van der Waals surface area contributed by atoms with Crippen LogP contribution in [0.15, 0.2) is 30.7 Å². The van der Waals surface area contributed by atoms with Crippen LogP contribution in [0.3, 0.4) is 0 Å². The van der Waals surface area contributed by atoms with Crippen molar-refractivity contribution in [1.82, 2.24) is 25.1 Å². The maximum atomic E-state index is 12.3. The molecule has 0 radical (unpaired) electrons. The smallest absolute Gasteiger partial charge is 0.272 e. The second-order valence-electron chi connectivity index (χ2n) is 6.29. The van der Waals surface area contributed by atoms with E-state index in [1.165, 1.54) is 6.20 Å². The number of hydrogen-bond acceptors (Lipinski definition) is 5. The van der Waals surface area contributed by atoms with Crippen molar-refractivity contribution < 1.29 is 18.3 Å². The Bertz CT molecular complexity index is 974. The second-order valence-corrected chi connectivity index (χ2v) is 6.29. The van der Waals surface area contributed by atoms with Gasteiger partial charge in [0, 0.05) is 24.3 Å². The Labute approximate surface area is 160 Å². The molecule has 0 aliphatic carbocycles. The van der Waals surface area contributed by atoms with Gasteiger partial charge < -0.3 is 10.1 Å². The highest BCUT2D eigenvalue weighted by Gasteiger charge is 2.12. The molecule has 0 fully saturated rings. The van der Waals surface area contributed by atoms with E-state index < -0.39 is 13.0 Å². The van der Waals surface area contributed by atoms with Gasteiger partial charge in [-0.3, -0.25) is 19.4 Å². The summed E-state index contributed by atoms with van der Waals surface area (Å²) < 4.78 is 31.3. The van der Waals surface area contributed by atoms with Gasteiger partial charge in [0.05, 0.1) is 36.1 Å². The lowest BCUT2D eigenvalue weighted by Gasteiger charge is -2.09. The molecule has 0 atom stereocenters. The summed E-state index contributed by atoms with van der Waals surface area (Å²) >= 11 is 0. The second kappa shape index (κ2) is 8.73. The van der Waals surface area contributed by atoms with Crippen LogP contribution in [0, 0.1) is 6.92 Å². The Balaban J connectivity index is 1.77. The van der Waals surface area contributed by atoms with Crippen LogP contribution in [0.5, 0.6) is 5.75 Å². The predicted octanol–water partition coefficient (Wildman–Crippen LogP) is 2.51. The van der Waals surface area contributed by atoms with Crippen LogP contribution in [0.1, 0.15) is 23.9 Å². The van der Waals surface area contributed by atoms with Crippen LogP contribution < -0.4 is 10.1 Å². The quantitative estimate of drug-likeness (QED) is 0.640. The predicted molar refractivity (Wildman–Crippen MR) is 99.5 cm³/mol. The zero-order valence-electron chi connectivity index (χ0n) is 15.7. The third-order valence-electron chi connectivity index (χ3n) is 4.07. The summed E-state index contributed by atoms with van der Waals surface area (Å²) in [7, 11) is 0. The number of alkyl halides is 2. The largest absolute Gasteiger partial charge is 0.486 e. The molecule has 3 heterocycles. The molecule has 9 heteroatoms. The topological polar surface area (TPSA) is 81.9 Å². The Kier molecular flexibility index (Phi) is 6.13. The van der Waals surface area contributed by atoms with E-state index in [-0.39, 0.29) is 12.3 Å². The average molecular weight is 389 g/mol. The van der Waals surface area contributed by atoms with Crippen LogP contribution >= 0.6 is 0 Å². The van der Waals surface area contributed by atoms with E-state index in [1.807, 2.05) is 13.1 Å². The monoisotopic (exact) mass is 389 g/mol. The summed E-state index contributed by atoms with van der Waals surface area (Å²) in [6.07, 6.45) is 2.56. The van der Waals surface area contributed by atoms with E-state index in [2.05, 4.69) is 20.4 Å². The molecule has 3 rings (SSSR count). The summed E-state index contributed by atoms with van der Waals surface area (Å²) in [5.41, 5.74) is 2.84. The lowest BCUT2D eigenvalue weighted by Crippen LogP contribution is -2.24. The van der Waals surface area contributed by atoms with E-state index in [1.54, 1.807) is 29.9 Å². The number of ether oxygens (including phenoxy) is 1. The van der Waals surface area contributed by atoms with Gasteiger partial charge in [-0.05, 0) is 31.5 Å².